The van der Waals surface area contributed by atoms with Gasteiger partial charge in [-0.3, -0.25) is 0 Å². The molecular formula is C40H62O4. The van der Waals surface area contributed by atoms with Gasteiger partial charge in [0.05, 0.1) is 12.2 Å². The molecule has 8 saturated carbocycles. The first-order valence-electron chi connectivity index (χ1n) is 19.1. The lowest BCUT2D eigenvalue weighted by Crippen LogP contribution is -2.56. The van der Waals surface area contributed by atoms with Crippen molar-refractivity contribution in [2.75, 3.05) is 0 Å². The summed E-state index contributed by atoms with van der Waals surface area (Å²) in [5.74, 6) is 12.0. The normalized spacial score (nSPS) is 61.3. The van der Waals surface area contributed by atoms with Crippen LogP contribution >= 0.6 is 0 Å². The molecule has 0 aromatic carbocycles. The van der Waals surface area contributed by atoms with E-state index in [-0.39, 0.29) is 33.9 Å². The summed E-state index contributed by atoms with van der Waals surface area (Å²) < 4.78 is 0. The van der Waals surface area contributed by atoms with E-state index >= 15 is 0 Å². The van der Waals surface area contributed by atoms with Gasteiger partial charge in [0, 0.05) is 0 Å². The van der Waals surface area contributed by atoms with Crippen LogP contribution in [0.1, 0.15) is 143 Å². The van der Waals surface area contributed by atoms with Crippen molar-refractivity contribution in [2.24, 2.45) is 69.0 Å². The SMILES string of the molecule is C[C@]12CC[C@H]3[C@H](CC[C@H]4C[C@@](O)(C#C[C@]5(O)CC[C@@]6(C)[C@@H](CC[C@H]7[C@H]8CC[C@H](O)[C@@]8(C)CC[C@@H]76)C5)CC[C@@]43C)[C@H]1CC[C@@H]2O. The van der Waals surface area contributed by atoms with Crippen LogP contribution < -0.4 is 0 Å². The lowest BCUT2D eigenvalue weighted by molar-refractivity contribution is -0.145. The summed E-state index contributed by atoms with van der Waals surface area (Å²) >= 11 is 0. The maximum absolute atomic E-state index is 11.9. The van der Waals surface area contributed by atoms with E-state index in [1.54, 1.807) is 0 Å². The molecule has 8 aliphatic rings. The summed E-state index contributed by atoms with van der Waals surface area (Å²) in [6.45, 7) is 9.79. The lowest BCUT2D eigenvalue weighted by Gasteiger charge is -2.61. The molecule has 0 aromatic heterocycles. The van der Waals surface area contributed by atoms with Crippen LogP contribution in [0.15, 0.2) is 0 Å². The predicted octanol–water partition coefficient (Wildman–Crippen LogP) is 7.26. The zero-order valence-electron chi connectivity index (χ0n) is 28.3. The largest absolute Gasteiger partial charge is 0.393 e. The smallest absolute Gasteiger partial charge is 0.125 e. The zero-order valence-corrected chi connectivity index (χ0v) is 28.3. The highest BCUT2D eigenvalue weighted by Crippen LogP contribution is 2.68. The minimum absolute atomic E-state index is 0.118. The highest BCUT2D eigenvalue weighted by Gasteiger charge is 2.63. The molecule has 4 nitrogen and oxygen atoms in total. The molecule has 0 heterocycles. The molecule has 0 bridgehead atoms. The van der Waals surface area contributed by atoms with Crippen molar-refractivity contribution in [2.45, 2.75) is 167 Å². The van der Waals surface area contributed by atoms with Crippen LogP contribution in [0.25, 0.3) is 0 Å². The maximum Gasteiger partial charge on any atom is 0.125 e. The number of rotatable bonds is 0. The van der Waals surface area contributed by atoms with E-state index in [1.165, 1.54) is 51.4 Å². The van der Waals surface area contributed by atoms with Gasteiger partial charge in [0.1, 0.15) is 11.2 Å². The Morgan fingerprint density at radius 2 is 0.818 bits per heavy atom. The fourth-order valence-corrected chi connectivity index (χ4v) is 14.9. The molecule has 44 heavy (non-hydrogen) atoms. The Hall–Kier alpha value is -0.600. The number of aliphatic hydroxyl groups is 4. The van der Waals surface area contributed by atoms with Crippen LogP contribution in [0.4, 0.5) is 0 Å². The van der Waals surface area contributed by atoms with Crippen LogP contribution in [-0.2, 0) is 0 Å². The highest BCUT2D eigenvalue weighted by atomic mass is 16.3. The standard InChI is InChI=1S/C40H62O4/c1-35-17-19-39(43,23-25(35)5-7-27-29-9-11-33(41)37(29,3)15-13-31(27)35)21-22-40(44)20-18-36(2)26(24-40)6-8-28-30-10-12-34(42)38(30,4)16-14-32(28)36/h25-34,41-44H,5-20,23-24H2,1-4H3/t25-,26-,27-,28+,29+,30+,31-,32-,33-,34-,35-,36-,37-,38-,39+,40-/m0/s1. The quantitative estimate of drug-likeness (QED) is 0.219. The second-order valence-electron chi connectivity index (χ2n) is 19.3. The monoisotopic (exact) mass is 606 g/mol. The minimum Gasteiger partial charge on any atom is -0.393 e. The van der Waals surface area contributed by atoms with Gasteiger partial charge >= 0.3 is 0 Å². The van der Waals surface area contributed by atoms with E-state index in [1.807, 2.05) is 0 Å². The molecule has 0 radical (unpaired) electrons. The van der Waals surface area contributed by atoms with E-state index in [2.05, 4.69) is 39.5 Å². The molecule has 0 aliphatic heterocycles. The van der Waals surface area contributed by atoms with Crippen molar-refractivity contribution in [3.8, 4) is 11.8 Å². The van der Waals surface area contributed by atoms with Crippen LogP contribution in [-0.4, -0.2) is 43.8 Å². The molecule has 0 spiro atoms. The summed E-state index contributed by atoms with van der Waals surface area (Å²) in [4.78, 5) is 0. The van der Waals surface area contributed by atoms with E-state index in [0.717, 1.165) is 76.0 Å². The zero-order chi connectivity index (χ0) is 30.9. The molecule has 0 amide bonds. The number of fused-ring (bicyclic) bond motifs is 10. The third-order valence-corrected chi connectivity index (χ3v) is 17.9. The van der Waals surface area contributed by atoms with Gasteiger partial charge in [-0.1, -0.05) is 39.5 Å². The van der Waals surface area contributed by atoms with E-state index in [4.69, 9.17) is 0 Å². The molecule has 4 heteroatoms. The third-order valence-electron chi connectivity index (χ3n) is 17.9. The van der Waals surface area contributed by atoms with Crippen molar-refractivity contribution in [1.29, 1.82) is 0 Å². The first-order chi connectivity index (χ1) is 20.7. The van der Waals surface area contributed by atoms with Crippen molar-refractivity contribution >= 4 is 0 Å². The second kappa shape index (κ2) is 9.96. The molecule has 16 atom stereocenters. The first kappa shape index (κ1) is 30.7. The summed E-state index contributed by atoms with van der Waals surface area (Å²) in [5, 5.41) is 45.5. The van der Waals surface area contributed by atoms with Crippen LogP contribution in [0.2, 0.25) is 0 Å². The molecule has 0 aromatic rings. The Morgan fingerprint density at radius 3 is 1.23 bits per heavy atom. The average molecular weight is 607 g/mol. The highest BCUT2D eigenvalue weighted by molar-refractivity contribution is 5.26. The Kier molecular flexibility index (Phi) is 6.96. The van der Waals surface area contributed by atoms with Gasteiger partial charge in [-0.25, -0.2) is 0 Å². The fourth-order valence-electron chi connectivity index (χ4n) is 14.9. The molecule has 0 unspecified atom stereocenters. The molecule has 0 saturated heterocycles. The molecule has 8 aliphatic carbocycles. The van der Waals surface area contributed by atoms with Crippen molar-refractivity contribution in [3.63, 3.8) is 0 Å². The van der Waals surface area contributed by atoms with Crippen molar-refractivity contribution in [3.05, 3.63) is 0 Å². The van der Waals surface area contributed by atoms with Crippen LogP contribution in [0, 0.1) is 80.8 Å². The summed E-state index contributed by atoms with van der Waals surface area (Å²) in [5.41, 5.74) is -1.19. The topological polar surface area (TPSA) is 80.9 Å². The van der Waals surface area contributed by atoms with E-state index in [0.29, 0.717) is 35.5 Å². The van der Waals surface area contributed by atoms with Gasteiger partial charge in [0.25, 0.3) is 0 Å². The fraction of sp³-hybridized carbons (Fsp3) is 0.950. The van der Waals surface area contributed by atoms with Gasteiger partial charge < -0.3 is 20.4 Å². The summed E-state index contributed by atoms with van der Waals surface area (Å²) in [6, 6.07) is 0. The Labute approximate surface area is 267 Å². The Morgan fingerprint density at radius 1 is 0.432 bits per heavy atom. The van der Waals surface area contributed by atoms with Gasteiger partial charge in [0.15, 0.2) is 0 Å². The Bertz CT molecular complexity index is 1130. The lowest BCUT2D eigenvalue weighted by atomic mass is 9.44. The molecule has 246 valence electrons. The van der Waals surface area contributed by atoms with Crippen LogP contribution in [0.5, 0.6) is 0 Å². The van der Waals surface area contributed by atoms with Crippen LogP contribution in [0.3, 0.4) is 0 Å². The maximum atomic E-state index is 11.9. The average Bonchev–Trinajstić information content (AvgIpc) is 3.47. The van der Waals surface area contributed by atoms with Gasteiger partial charge in [0.2, 0.25) is 0 Å². The Balaban J connectivity index is 0.951. The minimum atomic E-state index is -0.977. The molecule has 4 N–H and O–H groups in total. The summed E-state index contributed by atoms with van der Waals surface area (Å²) in [6.07, 6.45) is 18.8. The second-order valence-corrected chi connectivity index (χ2v) is 19.3. The number of hydrogen-bond donors (Lipinski definition) is 4. The molecule has 8 rings (SSSR count). The van der Waals surface area contributed by atoms with Gasteiger partial charge in [-0.2, -0.15) is 0 Å². The first-order valence-corrected chi connectivity index (χ1v) is 19.1. The van der Waals surface area contributed by atoms with Gasteiger partial charge in [-0.05, 0) is 185 Å². The summed E-state index contributed by atoms with van der Waals surface area (Å²) in [7, 11) is 0. The number of aliphatic hydroxyl groups excluding tert-OH is 2. The third kappa shape index (κ3) is 4.23. The van der Waals surface area contributed by atoms with Crippen molar-refractivity contribution < 1.29 is 20.4 Å². The predicted molar refractivity (Wildman–Crippen MR) is 173 cm³/mol. The van der Waals surface area contributed by atoms with Crippen molar-refractivity contribution in [1.82, 2.24) is 0 Å². The van der Waals surface area contributed by atoms with E-state index < -0.39 is 11.2 Å². The van der Waals surface area contributed by atoms with E-state index in [9.17, 15) is 20.4 Å². The number of hydrogen-bond acceptors (Lipinski definition) is 4. The molecule has 8 fully saturated rings. The molecular weight excluding hydrogens is 544 g/mol. The van der Waals surface area contributed by atoms with Gasteiger partial charge in [-0.15, -0.1) is 0 Å².